The Morgan fingerprint density at radius 2 is 2.03 bits per heavy atom. The highest BCUT2D eigenvalue weighted by Gasteiger charge is 2.20. The Bertz CT molecular complexity index is 1050. The van der Waals surface area contributed by atoms with Crippen molar-refractivity contribution in [3.8, 4) is 0 Å². The summed E-state index contributed by atoms with van der Waals surface area (Å²) in [5.41, 5.74) is 1.44. The average molecular weight is 428 g/mol. The minimum atomic E-state index is -0.527. The lowest BCUT2D eigenvalue weighted by atomic mass is 10.2. The number of aliphatic hydroxyl groups is 1. The molecule has 0 saturated heterocycles. The van der Waals surface area contributed by atoms with E-state index in [9.17, 15) is 14.9 Å². The second-order valence-corrected chi connectivity index (χ2v) is 7.42. The van der Waals surface area contributed by atoms with Crippen LogP contribution in [0.2, 0.25) is 0 Å². The number of likely N-dealkylation sites (N-methyl/N-ethyl adjacent to an activating group) is 1. The first-order valence-corrected chi connectivity index (χ1v) is 9.74. The van der Waals surface area contributed by atoms with Crippen LogP contribution in [0.3, 0.4) is 0 Å². The second kappa shape index (κ2) is 9.37. The first-order valence-electron chi connectivity index (χ1n) is 8.92. The van der Waals surface area contributed by atoms with Crippen LogP contribution in [-0.2, 0) is 7.05 Å². The van der Waals surface area contributed by atoms with Crippen molar-refractivity contribution in [2.45, 2.75) is 10.1 Å². The SMILES string of the molecule is CN(CCO)c1ccc(NC(=O)c2ccc(Sc3nncn3C)c([N+](=O)[O-])c2)cc1. The van der Waals surface area contributed by atoms with Gasteiger partial charge < -0.3 is 19.9 Å². The molecule has 1 amide bonds. The molecule has 1 heterocycles. The number of nitro groups is 1. The van der Waals surface area contributed by atoms with Crippen LogP contribution in [0.4, 0.5) is 17.1 Å². The van der Waals surface area contributed by atoms with E-state index in [-0.39, 0.29) is 17.9 Å². The van der Waals surface area contributed by atoms with Crippen molar-refractivity contribution in [2.75, 3.05) is 30.4 Å². The number of benzene rings is 2. The summed E-state index contributed by atoms with van der Waals surface area (Å²) in [6.07, 6.45) is 1.50. The molecular formula is C19H20N6O4S. The van der Waals surface area contributed by atoms with E-state index < -0.39 is 10.8 Å². The smallest absolute Gasteiger partial charge is 0.284 e. The van der Waals surface area contributed by atoms with Crippen LogP contribution in [0.5, 0.6) is 0 Å². The highest BCUT2D eigenvalue weighted by Crippen LogP contribution is 2.34. The predicted molar refractivity (Wildman–Crippen MR) is 113 cm³/mol. The molecule has 0 aliphatic heterocycles. The molecule has 0 atom stereocenters. The normalized spacial score (nSPS) is 10.6. The summed E-state index contributed by atoms with van der Waals surface area (Å²) in [6, 6.07) is 11.4. The van der Waals surface area contributed by atoms with Gasteiger partial charge in [-0.25, -0.2) is 0 Å². The molecule has 3 rings (SSSR count). The van der Waals surface area contributed by atoms with Crippen LogP contribution in [0.15, 0.2) is 58.8 Å². The van der Waals surface area contributed by atoms with Crippen LogP contribution < -0.4 is 10.2 Å². The number of anilines is 2. The third-order valence-electron chi connectivity index (χ3n) is 4.29. The van der Waals surface area contributed by atoms with E-state index >= 15 is 0 Å². The van der Waals surface area contributed by atoms with Gasteiger partial charge in [-0.2, -0.15) is 0 Å². The van der Waals surface area contributed by atoms with Gasteiger partial charge in [-0.05, 0) is 48.2 Å². The van der Waals surface area contributed by atoms with Crippen LogP contribution in [-0.4, -0.2) is 50.9 Å². The van der Waals surface area contributed by atoms with Crippen LogP contribution >= 0.6 is 11.8 Å². The predicted octanol–water partition coefficient (Wildman–Crippen LogP) is 2.56. The molecular weight excluding hydrogens is 408 g/mol. The quantitative estimate of drug-likeness (QED) is 0.414. The maximum absolute atomic E-state index is 12.6. The molecule has 3 aromatic rings. The number of aliphatic hydroxyl groups excluding tert-OH is 1. The van der Waals surface area contributed by atoms with Gasteiger partial charge in [-0.15, -0.1) is 10.2 Å². The van der Waals surface area contributed by atoms with Crippen molar-refractivity contribution in [1.29, 1.82) is 0 Å². The Labute approximate surface area is 176 Å². The number of amides is 1. The van der Waals surface area contributed by atoms with Crippen molar-refractivity contribution >= 4 is 34.7 Å². The molecule has 0 fully saturated rings. The molecule has 0 spiro atoms. The number of carbonyl (C=O) groups excluding carboxylic acids is 1. The highest BCUT2D eigenvalue weighted by atomic mass is 32.2. The van der Waals surface area contributed by atoms with Gasteiger partial charge in [-0.1, -0.05) is 0 Å². The maximum atomic E-state index is 12.6. The van der Waals surface area contributed by atoms with Crippen LogP contribution in [0.1, 0.15) is 10.4 Å². The molecule has 2 aromatic carbocycles. The first-order chi connectivity index (χ1) is 14.4. The monoisotopic (exact) mass is 428 g/mol. The van der Waals surface area contributed by atoms with E-state index in [1.165, 1.54) is 24.5 Å². The number of aromatic nitrogens is 3. The van der Waals surface area contributed by atoms with Crippen LogP contribution in [0, 0.1) is 10.1 Å². The molecule has 2 N–H and O–H groups in total. The fourth-order valence-corrected chi connectivity index (χ4v) is 3.48. The zero-order valence-electron chi connectivity index (χ0n) is 16.3. The summed E-state index contributed by atoms with van der Waals surface area (Å²) >= 11 is 1.10. The number of aryl methyl sites for hydroxylation is 1. The van der Waals surface area contributed by atoms with E-state index in [2.05, 4.69) is 15.5 Å². The maximum Gasteiger partial charge on any atom is 0.284 e. The average Bonchev–Trinajstić information content (AvgIpc) is 3.13. The topological polar surface area (TPSA) is 126 Å². The van der Waals surface area contributed by atoms with Gasteiger partial charge in [0, 0.05) is 43.6 Å². The fourth-order valence-electron chi connectivity index (χ4n) is 2.63. The summed E-state index contributed by atoms with van der Waals surface area (Å²) in [4.78, 5) is 25.8. The molecule has 30 heavy (non-hydrogen) atoms. The van der Waals surface area contributed by atoms with Crippen LogP contribution in [0.25, 0.3) is 0 Å². The fraction of sp³-hybridized carbons (Fsp3) is 0.211. The standard InChI is InChI=1S/C19H20N6O4S/c1-23(9-10-26)15-6-4-14(5-7-15)21-18(27)13-3-8-17(16(11-13)25(28)29)30-19-22-20-12-24(19)2/h3-8,11-12,26H,9-10H2,1-2H3,(H,21,27). The van der Waals surface area contributed by atoms with Gasteiger partial charge in [0.15, 0.2) is 5.16 Å². The van der Waals surface area contributed by atoms with Crippen molar-refractivity contribution < 1.29 is 14.8 Å². The molecule has 0 aliphatic rings. The number of nitrogens with one attached hydrogen (secondary N) is 1. The number of rotatable bonds is 8. The van der Waals surface area contributed by atoms with E-state index in [0.29, 0.717) is 22.3 Å². The Hall–Kier alpha value is -3.44. The lowest BCUT2D eigenvalue weighted by molar-refractivity contribution is -0.387. The molecule has 0 saturated carbocycles. The van der Waals surface area contributed by atoms with Crippen molar-refractivity contribution in [1.82, 2.24) is 14.8 Å². The minimum absolute atomic E-state index is 0.0404. The number of nitro benzene ring substituents is 1. The third-order valence-corrected chi connectivity index (χ3v) is 5.41. The third kappa shape index (κ3) is 4.93. The Kier molecular flexibility index (Phi) is 6.65. The molecule has 0 radical (unpaired) electrons. The lowest BCUT2D eigenvalue weighted by Crippen LogP contribution is -2.21. The van der Waals surface area contributed by atoms with Gasteiger partial charge in [0.2, 0.25) is 0 Å². The molecule has 10 nitrogen and oxygen atoms in total. The second-order valence-electron chi connectivity index (χ2n) is 6.41. The Morgan fingerprint density at radius 1 is 1.30 bits per heavy atom. The molecule has 0 aliphatic carbocycles. The summed E-state index contributed by atoms with van der Waals surface area (Å²) in [7, 11) is 3.59. The summed E-state index contributed by atoms with van der Waals surface area (Å²) in [5.74, 6) is -0.454. The van der Waals surface area contributed by atoms with Gasteiger partial charge in [0.25, 0.3) is 11.6 Å². The Balaban J connectivity index is 1.76. The summed E-state index contributed by atoms with van der Waals surface area (Å²) < 4.78 is 1.65. The van der Waals surface area contributed by atoms with Crippen molar-refractivity contribution in [3.05, 3.63) is 64.5 Å². The van der Waals surface area contributed by atoms with Crippen molar-refractivity contribution in [3.63, 3.8) is 0 Å². The van der Waals surface area contributed by atoms with E-state index in [0.717, 1.165) is 17.4 Å². The number of hydrogen-bond acceptors (Lipinski definition) is 8. The number of hydrogen-bond donors (Lipinski definition) is 2. The molecule has 0 unspecified atom stereocenters. The zero-order valence-corrected chi connectivity index (χ0v) is 17.2. The molecule has 1 aromatic heterocycles. The lowest BCUT2D eigenvalue weighted by Gasteiger charge is -2.18. The molecule has 156 valence electrons. The molecule has 0 bridgehead atoms. The summed E-state index contributed by atoms with van der Waals surface area (Å²) in [6.45, 7) is 0.535. The largest absolute Gasteiger partial charge is 0.395 e. The first kappa shape index (κ1) is 21.3. The Morgan fingerprint density at radius 3 is 2.63 bits per heavy atom. The zero-order chi connectivity index (χ0) is 21.7. The van der Waals surface area contributed by atoms with E-state index in [1.807, 2.05) is 24.1 Å². The minimum Gasteiger partial charge on any atom is -0.395 e. The number of nitrogens with zero attached hydrogens (tertiary/aromatic N) is 5. The van der Waals surface area contributed by atoms with Gasteiger partial charge in [0.05, 0.1) is 16.4 Å². The van der Waals surface area contributed by atoms with Crippen molar-refractivity contribution in [2.24, 2.45) is 7.05 Å². The highest BCUT2D eigenvalue weighted by molar-refractivity contribution is 7.99. The van der Waals surface area contributed by atoms with Gasteiger partial charge in [-0.3, -0.25) is 14.9 Å². The van der Waals surface area contributed by atoms with E-state index in [1.54, 1.807) is 23.7 Å². The molecule has 11 heteroatoms. The summed E-state index contributed by atoms with van der Waals surface area (Å²) in [5, 5.41) is 31.4. The number of carbonyl (C=O) groups is 1. The van der Waals surface area contributed by atoms with Gasteiger partial charge in [0.1, 0.15) is 6.33 Å². The van der Waals surface area contributed by atoms with E-state index in [4.69, 9.17) is 5.11 Å². The van der Waals surface area contributed by atoms with Gasteiger partial charge >= 0.3 is 0 Å².